The fraction of sp³-hybridized carbons (Fsp3) is 0.778. The van der Waals surface area contributed by atoms with E-state index in [4.69, 9.17) is 14.9 Å². The molecule has 0 aromatic carbocycles. The highest BCUT2D eigenvalue weighted by atomic mass is 16.5. The molecule has 0 aromatic rings. The lowest BCUT2D eigenvalue weighted by atomic mass is 10.2. The van der Waals surface area contributed by atoms with E-state index in [0.29, 0.717) is 12.8 Å². The van der Waals surface area contributed by atoms with Gasteiger partial charge in [0, 0.05) is 6.54 Å². The van der Waals surface area contributed by atoms with Crippen LogP contribution in [0.3, 0.4) is 0 Å². The van der Waals surface area contributed by atoms with Gasteiger partial charge in [-0.1, -0.05) is 0 Å². The first-order valence-corrected chi connectivity index (χ1v) is 4.84. The van der Waals surface area contributed by atoms with Gasteiger partial charge in [0.2, 0.25) is 5.91 Å². The van der Waals surface area contributed by atoms with Gasteiger partial charge in [0.25, 0.3) is 0 Å². The van der Waals surface area contributed by atoms with Crippen molar-refractivity contribution in [1.82, 2.24) is 5.32 Å². The molecule has 1 heterocycles. The van der Waals surface area contributed by atoms with Gasteiger partial charge in [-0.15, -0.1) is 0 Å². The average molecular weight is 217 g/mol. The SMILES string of the molecule is C[C@@H](O)CNC(=O)C1CCC(C(=O)O)O1. The number of aliphatic hydroxyl groups is 1. The smallest absolute Gasteiger partial charge is 0.332 e. The van der Waals surface area contributed by atoms with E-state index in [0.717, 1.165) is 0 Å². The molecular formula is C9H15NO5. The molecule has 0 spiro atoms. The van der Waals surface area contributed by atoms with Gasteiger partial charge in [-0.3, -0.25) is 4.79 Å². The zero-order valence-electron chi connectivity index (χ0n) is 8.47. The third-order valence-corrected chi connectivity index (χ3v) is 2.16. The Morgan fingerprint density at radius 3 is 2.53 bits per heavy atom. The molecule has 1 fully saturated rings. The number of carbonyl (C=O) groups is 2. The monoisotopic (exact) mass is 217 g/mol. The number of rotatable bonds is 4. The summed E-state index contributed by atoms with van der Waals surface area (Å²) in [6.45, 7) is 1.70. The molecule has 6 heteroatoms. The number of nitrogens with one attached hydrogen (secondary N) is 1. The maximum absolute atomic E-state index is 11.4. The second-order valence-electron chi connectivity index (χ2n) is 3.62. The number of ether oxygens (including phenoxy) is 1. The van der Waals surface area contributed by atoms with Gasteiger partial charge in [-0.25, -0.2) is 4.79 Å². The quantitative estimate of drug-likeness (QED) is 0.568. The first kappa shape index (κ1) is 11.9. The maximum Gasteiger partial charge on any atom is 0.332 e. The highest BCUT2D eigenvalue weighted by molar-refractivity contribution is 5.82. The Morgan fingerprint density at radius 2 is 2.07 bits per heavy atom. The van der Waals surface area contributed by atoms with Crippen molar-refractivity contribution >= 4 is 11.9 Å². The highest BCUT2D eigenvalue weighted by Gasteiger charge is 2.34. The van der Waals surface area contributed by atoms with E-state index in [-0.39, 0.29) is 12.5 Å². The molecule has 3 atom stereocenters. The number of amides is 1. The molecule has 6 nitrogen and oxygen atoms in total. The van der Waals surface area contributed by atoms with Crippen molar-refractivity contribution in [2.24, 2.45) is 0 Å². The van der Waals surface area contributed by atoms with Crippen LogP contribution in [0, 0.1) is 0 Å². The van der Waals surface area contributed by atoms with E-state index in [1.54, 1.807) is 6.92 Å². The van der Waals surface area contributed by atoms with Crippen molar-refractivity contribution in [2.75, 3.05) is 6.54 Å². The topological polar surface area (TPSA) is 95.9 Å². The van der Waals surface area contributed by atoms with Gasteiger partial charge in [0.1, 0.15) is 6.10 Å². The molecule has 15 heavy (non-hydrogen) atoms. The van der Waals surface area contributed by atoms with Crippen LogP contribution in [-0.2, 0) is 14.3 Å². The molecule has 1 amide bonds. The summed E-state index contributed by atoms with van der Waals surface area (Å²) < 4.78 is 5.02. The van der Waals surface area contributed by atoms with Crippen LogP contribution in [0.2, 0.25) is 0 Å². The number of carboxylic acids is 1. The Kier molecular flexibility index (Phi) is 4.05. The van der Waals surface area contributed by atoms with Crippen LogP contribution in [-0.4, -0.2) is 46.9 Å². The molecule has 0 aliphatic carbocycles. The standard InChI is InChI=1S/C9H15NO5/c1-5(11)4-10-8(12)6-2-3-7(15-6)9(13)14/h5-7,11H,2-4H2,1H3,(H,10,12)(H,13,14)/t5-,6?,7?/m1/s1. The van der Waals surface area contributed by atoms with Crippen molar-refractivity contribution in [3.63, 3.8) is 0 Å². The van der Waals surface area contributed by atoms with E-state index in [1.807, 2.05) is 0 Å². The molecule has 0 aromatic heterocycles. The predicted octanol–water partition coefficient (Wildman–Crippen LogP) is -0.884. The van der Waals surface area contributed by atoms with Gasteiger partial charge in [0.05, 0.1) is 6.10 Å². The Balaban J connectivity index is 2.33. The number of carboxylic acid groups (broad SMARTS) is 1. The van der Waals surface area contributed by atoms with Crippen LogP contribution >= 0.6 is 0 Å². The first-order chi connectivity index (χ1) is 7.00. The van der Waals surface area contributed by atoms with Crippen molar-refractivity contribution in [3.8, 4) is 0 Å². The number of aliphatic hydroxyl groups excluding tert-OH is 1. The van der Waals surface area contributed by atoms with Crippen molar-refractivity contribution in [2.45, 2.75) is 38.1 Å². The van der Waals surface area contributed by atoms with Crippen molar-refractivity contribution < 1.29 is 24.5 Å². The summed E-state index contributed by atoms with van der Waals surface area (Å²) in [4.78, 5) is 21.9. The summed E-state index contributed by atoms with van der Waals surface area (Å²) >= 11 is 0. The molecule has 0 saturated carbocycles. The zero-order valence-corrected chi connectivity index (χ0v) is 8.47. The van der Waals surface area contributed by atoms with Gasteiger partial charge in [-0.2, -0.15) is 0 Å². The number of aliphatic carboxylic acids is 1. The minimum atomic E-state index is -1.04. The normalized spacial score (nSPS) is 27.3. The number of hydrogen-bond donors (Lipinski definition) is 3. The summed E-state index contributed by atoms with van der Waals surface area (Å²) in [5.74, 6) is -1.40. The summed E-state index contributed by atoms with van der Waals surface area (Å²) in [6.07, 6.45) is -1.45. The molecule has 1 aliphatic heterocycles. The predicted molar refractivity (Wildman–Crippen MR) is 50.2 cm³/mol. The van der Waals surface area contributed by atoms with E-state index >= 15 is 0 Å². The molecule has 1 aliphatic rings. The fourth-order valence-corrected chi connectivity index (χ4v) is 1.37. The third-order valence-electron chi connectivity index (χ3n) is 2.16. The van der Waals surface area contributed by atoms with E-state index in [2.05, 4.69) is 5.32 Å². The Bertz CT molecular complexity index is 253. The maximum atomic E-state index is 11.4. The van der Waals surface area contributed by atoms with Crippen LogP contribution in [0.5, 0.6) is 0 Å². The summed E-state index contributed by atoms with van der Waals surface area (Å²) in [5.41, 5.74) is 0. The molecule has 0 radical (unpaired) electrons. The highest BCUT2D eigenvalue weighted by Crippen LogP contribution is 2.19. The van der Waals surface area contributed by atoms with Gasteiger partial charge in [-0.05, 0) is 19.8 Å². The Labute approximate surface area is 87.2 Å². The Morgan fingerprint density at radius 1 is 1.47 bits per heavy atom. The molecule has 0 bridgehead atoms. The second-order valence-corrected chi connectivity index (χ2v) is 3.62. The fourth-order valence-electron chi connectivity index (χ4n) is 1.37. The number of carbonyl (C=O) groups excluding carboxylic acids is 1. The molecule has 2 unspecified atom stereocenters. The van der Waals surface area contributed by atoms with Gasteiger partial charge >= 0.3 is 5.97 Å². The lowest BCUT2D eigenvalue weighted by molar-refractivity contribution is -0.151. The lowest BCUT2D eigenvalue weighted by Crippen LogP contribution is -2.38. The van der Waals surface area contributed by atoms with Crippen molar-refractivity contribution in [1.29, 1.82) is 0 Å². The van der Waals surface area contributed by atoms with Gasteiger partial charge in [0.15, 0.2) is 6.10 Å². The lowest BCUT2D eigenvalue weighted by Gasteiger charge is -2.12. The van der Waals surface area contributed by atoms with Crippen LogP contribution in [0.1, 0.15) is 19.8 Å². The zero-order chi connectivity index (χ0) is 11.4. The largest absolute Gasteiger partial charge is 0.479 e. The van der Waals surface area contributed by atoms with Crippen LogP contribution in [0.15, 0.2) is 0 Å². The summed E-state index contributed by atoms with van der Waals surface area (Å²) in [5, 5.41) is 20.0. The van der Waals surface area contributed by atoms with Crippen LogP contribution < -0.4 is 5.32 Å². The van der Waals surface area contributed by atoms with Crippen molar-refractivity contribution in [3.05, 3.63) is 0 Å². The van der Waals surface area contributed by atoms with Gasteiger partial charge < -0.3 is 20.3 Å². The molecule has 1 rings (SSSR count). The molecule has 86 valence electrons. The first-order valence-electron chi connectivity index (χ1n) is 4.84. The van der Waals surface area contributed by atoms with E-state index < -0.39 is 24.3 Å². The average Bonchev–Trinajstić information content (AvgIpc) is 2.62. The molecule has 1 saturated heterocycles. The van der Waals surface area contributed by atoms with E-state index in [9.17, 15) is 9.59 Å². The Hall–Kier alpha value is -1.14. The molecule has 3 N–H and O–H groups in total. The minimum Gasteiger partial charge on any atom is -0.479 e. The molecular weight excluding hydrogens is 202 g/mol. The van der Waals surface area contributed by atoms with E-state index in [1.165, 1.54) is 0 Å². The second kappa shape index (κ2) is 5.09. The number of hydrogen-bond acceptors (Lipinski definition) is 4. The third kappa shape index (κ3) is 3.49. The van der Waals surface area contributed by atoms with Crippen LogP contribution in [0.4, 0.5) is 0 Å². The van der Waals surface area contributed by atoms with Crippen LogP contribution in [0.25, 0.3) is 0 Å². The summed E-state index contributed by atoms with van der Waals surface area (Å²) in [6, 6.07) is 0. The minimum absolute atomic E-state index is 0.149. The summed E-state index contributed by atoms with van der Waals surface area (Å²) in [7, 11) is 0.